The molecule has 1 aromatic rings. The van der Waals surface area contributed by atoms with Crippen LogP contribution < -0.4 is 0 Å². The first kappa shape index (κ1) is 11.8. The first-order valence-corrected chi connectivity index (χ1v) is 4.27. The maximum atomic E-state index is 13.2. The number of carboxylic acids is 1. The van der Waals surface area contributed by atoms with Crippen molar-refractivity contribution in [2.45, 2.75) is 12.3 Å². The Morgan fingerprint density at radius 2 is 2.20 bits per heavy atom. The summed E-state index contributed by atoms with van der Waals surface area (Å²) in [6.45, 7) is 0. The summed E-state index contributed by atoms with van der Waals surface area (Å²) in [5, 5.41) is 8.61. The van der Waals surface area contributed by atoms with E-state index in [9.17, 15) is 18.0 Å². The second-order valence-electron chi connectivity index (χ2n) is 2.60. The van der Waals surface area contributed by atoms with Crippen molar-refractivity contribution in [3.8, 4) is 0 Å². The molecule has 1 heterocycles. The van der Waals surface area contributed by atoms with E-state index in [0.717, 1.165) is 6.20 Å². The fraction of sp³-hybridized carbons (Fsp3) is 0.250. The highest BCUT2D eigenvalue weighted by atomic mass is 35.5. The van der Waals surface area contributed by atoms with Gasteiger partial charge in [-0.1, -0.05) is 0 Å². The lowest BCUT2D eigenvalue weighted by Gasteiger charge is -2.07. The van der Waals surface area contributed by atoms with Gasteiger partial charge in [-0.15, -0.1) is 11.6 Å². The van der Waals surface area contributed by atoms with Crippen LogP contribution in [0.25, 0.3) is 0 Å². The van der Waals surface area contributed by atoms with Gasteiger partial charge in [-0.25, -0.2) is 18.0 Å². The molecule has 0 radical (unpaired) electrons. The van der Waals surface area contributed by atoms with Crippen molar-refractivity contribution < 1.29 is 23.1 Å². The summed E-state index contributed by atoms with van der Waals surface area (Å²) in [5.74, 6) is -3.49. The predicted molar refractivity (Wildman–Crippen MR) is 45.7 cm³/mol. The number of hydrogen-bond donors (Lipinski definition) is 1. The predicted octanol–water partition coefficient (Wildman–Crippen LogP) is 2.60. The molecule has 0 aliphatic heterocycles. The number of aromatic nitrogens is 1. The minimum absolute atomic E-state index is 0.133. The van der Waals surface area contributed by atoms with Gasteiger partial charge < -0.3 is 5.11 Å². The van der Waals surface area contributed by atoms with E-state index in [1.54, 1.807) is 0 Å². The van der Waals surface area contributed by atoms with E-state index in [0.29, 0.717) is 0 Å². The minimum atomic E-state index is -3.16. The van der Waals surface area contributed by atoms with Crippen LogP contribution in [-0.2, 0) is 5.88 Å². The highest BCUT2D eigenvalue weighted by molar-refractivity contribution is 6.17. The lowest BCUT2D eigenvalue weighted by Crippen LogP contribution is -2.10. The van der Waals surface area contributed by atoms with Crippen LogP contribution in [0.2, 0.25) is 0 Å². The zero-order valence-electron chi connectivity index (χ0n) is 7.18. The van der Waals surface area contributed by atoms with Crippen molar-refractivity contribution in [3.05, 3.63) is 28.8 Å². The highest BCUT2D eigenvalue weighted by Gasteiger charge is 2.24. The number of carboxylic acid groups (broad SMARTS) is 1. The van der Waals surface area contributed by atoms with E-state index in [-0.39, 0.29) is 11.4 Å². The van der Waals surface area contributed by atoms with Gasteiger partial charge in [0.1, 0.15) is 11.3 Å². The van der Waals surface area contributed by atoms with Crippen molar-refractivity contribution in [2.75, 3.05) is 0 Å². The Hall–Kier alpha value is -1.30. The highest BCUT2D eigenvalue weighted by Crippen LogP contribution is 2.24. The Kier molecular flexibility index (Phi) is 3.52. The van der Waals surface area contributed by atoms with E-state index in [2.05, 4.69) is 4.98 Å². The minimum Gasteiger partial charge on any atom is -0.478 e. The molecule has 0 spiro atoms. The molecule has 0 aliphatic rings. The summed E-state index contributed by atoms with van der Waals surface area (Å²) < 4.78 is 37.6. The van der Waals surface area contributed by atoms with E-state index in [4.69, 9.17) is 16.7 Å². The molecule has 0 saturated carbocycles. The first-order valence-electron chi connectivity index (χ1n) is 3.73. The van der Waals surface area contributed by atoms with Crippen LogP contribution in [0.15, 0.2) is 6.20 Å². The Morgan fingerprint density at radius 1 is 1.60 bits per heavy atom. The second-order valence-corrected chi connectivity index (χ2v) is 2.86. The van der Waals surface area contributed by atoms with Gasteiger partial charge in [0, 0.05) is 17.6 Å². The van der Waals surface area contributed by atoms with Crippen molar-refractivity contribution in [3.63, 3.8) is 0 Å². The smallest absolute Gasteiger partial charge is 0.339 e. The largest absolute Gasteiger partial charge is 0.478 e. The molecule has 7 heteroatoms. The molecule has 15 heavy (non-hydrogen) atoms. The van der Waals surface area contributed by atoms with Crippen LogP contribution in [0.1, 0.15) is 28.0 Å². The third kappa shape index (κ3) is 2.20. The van der Waals surface area contributed by atoms with Gasteiger partial charge in [0.2, 0.25) is 0 Å². The quantitative estimate of drug-likeness (QED) is 0.825. The number of hydrogen-bond acceptors (Lipinski definition) is 2. The molecule has 0 aromatic carbocycles. The van der Waals surface area contributed by atoms with Gasteiger partial charge in [0.15, 0.2) is 5.82 Å². The van der Waals surface area contributed by atoms with E-state index in [1.165, 1.54) is 0 Å². The Balaban J connectivity index is 3.42. The molecule has 0 unspecified atom stereocenters. The molecule has 0 fully saturated rings. The molecular weight excluding hydrogens is 235 g/mol. The van der Waals surface area contributed by atoms with Gasteiger partial charge in [-0.3, -0.25) is 4.98 Å². The molecule has 1 aromatic heterocycles. The average Bonchev–Trinajstić information content (AvgIpc) is 2.15. The molecule has 82 valence electrons. The van der Waals surface area contributed by atoms with E-state index >= 15 is 0 Å². The number of carbonyl (C=O) groups is 1. The SMILES string of the molecule is O=C(O)c1c(CCl)cnc(C(F)F)c1F. The average molecular weight is 240 g/mol. The number of nitrogens with zero attached hydrogens (tertiary/aromatic N) is 1. The maximum absolute atomic E-state index is 13.2. The number of halogens is 4. The molecule has 3 nitrogen and oxygen atoms in total. The van der Waals surface area contributed by atoms with Crippen LogP contribution in [0.3, 0.4) is 0 Å². The molecule has 0 atom stereocenters. The number of rotatable bonds is 3. The lowest BCUT2D eigenvalue weighted by molar-refractivity contribution is 0.0688. The van der Waals surface area contributed by atoms with Crippen molar-refractivity contribution in [1.82, 2.24) is 4.98 Å². The normalized spacial score (nSPS) is 10.7. The van der Waals surface area contributed by atoms with Crippen molar-refractivity contribution in [2.24, 2.45) is 0 Å². The van der Waals surface area contributed by atoms with E-state index in [1.807, 2.05) is 0 Å². The third-order valence-corrected chi connectivity index (χ3v) is 1.98. The second kappa shape index (κ2) is 4.48. The monoisotopic (exact) mass is 239 g/mol. The van der Waals surface area contributed by atoms with Crippen LogP contribution in [0.4, 0.5) is 13.2 Å². The Bertz CT molecular complexity index is 398. The summed E-state index contributed by atoms with van der Waals surface area (Å²) in [5.41, 5.74) is -2.16. The standard InChI is InChI=1S/C8H5ClF3NO2/c9-1-3-2-13-6(7(11)12)5(10)4(3)8(14)15/h2,7H,1H2,(H,14,15). The molecule has 0 bridgehead atoms. The zero-order valence-corrected chi connectivity index (χ0v) is 7.93. The number of aromatic carboxylic acids is 1. The van der Waals surface area contributed by atoms with E-state index < -0.39 is 29.5 Å². The van der Waals surface area contributed by atoms with Gasteiger partial charge in [0.05, 0.1) is 0 Å². The third-order valence-electron chi connectivity index (χ3n) is 1.69. The first-order chi connectivity index (χ1) is 6.99. The molecule has 0 saturated heterocycles. The van der Waals surface area contributed by atoms with Crippen molar-refractivity contribution >= 4 is 17.6 Å². The van der Waals surface area contributed by atoms with Crippen molar-refractivity contribution in [1.29, 1.82) is 0 Å². The number of alkyl halides is 3. The van der Waals surface area contributed by atoms with Crippen LogP contribution in [0, 0.1) is 5.82 Å². The summed E-state index contributed by atoms with van der Waals surface area (Å²) in [7, 11) is 0. The van der Waals surface area contributed by atoms with Gasteiger partial charge in [-0.05, 0) is 0 Å². The van der Waals surface area contributed by atoms with Crippen LogP contribution in [0.5, 0.6) is 0 Å². The zero-order chi connectivity index (χ0) is 11.6. The lowest BCUT2D eigenvalue weighted by atomic mass is 10.1. The topological polar surface area (TPSA) is 50.2 Å². The van der Waals surface area contributed by atoms with Gasteiger partial charge in [-0.2, -0.15) is 0 Å². The Labute approximate surface area is 87.5 Å². The van der Waals surface area contributed by atoms with Crippen LogP contribution >= 0.6 is 11.6 Å². The van der Waals surface area contributed by atoms with Gasteiger partial charge >= 0.3 is 5.97 Å². The molecule has 1 N–H and O–H groups in total. The molecule has 1 rings (SSSR count). The summed E-state index contributed by atoms with van der Waals surface area (Å²) in [6.07, 6.45) is -2.33. The fourth-order valence-corrected chi connectivity index (χ4v) is 1.23. The molecule has 0 amide bonds. The molecule has 0 aliphatic carbocycles. The summed E-state index contributed by atoms with van der Waals surface area (Å²) in [4.78, 5) is 13.7. The summed E-state index contributed by atoms with van der Waals surface area (Å²) >= 11 is 5.32. The van der Waals surface area contributed by atoms with Crippen LogP contribution in [-0.4, -0.2) is 16.1 Å². The Morgan fingerprint density at radius 3 is 2.60 bits per heavy atom. The molecular formula is C8H5ClF3NO2. The van der Waals surface area contributed by atoms with Gasteiger partial charge in [0.25, 0.3) is 6.43 Å². The maximum Gasteiger partial charge on any atom is 0.339 e. The fourth-order valence-electron chi connectivity index (χ4n) is 1.02. The summed E-state index contributed by atoms with van der Waals surface area (Å²) in [6, 6.07) is 0. The number of pyridine rings is 1.